The number of benzene rings is 1. The third kappa shape index (κ3) is 4.94. The number of carbonyl (C=O) groups is 1. The van der Waals surface area contributed by atoms with Crippen LogP contribution in [0.25, 0.3) is 11.1 Å². The third-order valence-corrected chi connectivity index (χ3v) is 6.29. The Kier molecular flexibility index (Phi) is 7.70. The summed E-state index contributed by atoms with van der Waals surface area (Å²) in [4.78, 5) is 15.0. The van der Waals surface area contributed by atoms with Crippen molar-refractivity contribution in [2.24, 2.45) is 5.73 Å². The Hall–Kier alpha value is -2.58. The van der Waals surface area contributed by atoms with Crippen molar-refractivity contribution in [1.29, 1.82) is 5.26 Å². The Morgan fingerprint density at radius 2 is 1.80 bits per heavy atom. The van der Waals surface area contributed by atoms with Crippen molar-refractivity contribution in [3.63, 3.8) is 0 Å². The van der Waals surface area contributed by atoms with Crippen molar-refractivity contribution in [1.82, 2.24) is 9.47 Å². The summed E-state index contributed by atoms with van der Waals surface area (Å²) in [6, 6.07) is 9.69. The van der Waals surface area contributed by atoms with Crippen LogP contribution in [0.2, 0.25) is 0 Å². The van der Waals surface area contributed by atoms with Gasteiger partial charge in [-0.1, -0.05) is 38.3 Å². The van der Waals surface area contributed by atoms with E-state index in [4.69, 9.17) is 11.0 Å². The Bertz CT molecular complexity index is 899. The van der Waals surface area contributed by atoms with Crippen LogP contribution in [0.4, 0.5) is 0 Å². The first-order chi connectivity index (χ1) is 14.6. The minimum absolute atomic E-state index is 0.375. The van der Waals surface area contributed by atoms with E-state index in [0.29, 0.717) is 11.1 Å². The van der Waals surface area contributed by atoms with Gasteiger partial charge in [-0.2, -0.15) is 5.26 Å². The maximum Gasteiger partial charge on any atom is 0.251 e. The van der Waals surface area contributed by atoms with E-state index in [1.807, 2.05) is 31.2 Å². The number of nitrogens with zero attached hydrogens (tertiary/aromatic N) is 3. The number of aromatic nitrogens is 1. The van der Waals surface area contributed by atoms with Gasteiger partial charge in [0.2, 0.25) is 0 Å². The Morgan fingerprint density at radius 3 is 2.40 bits per heavy atom. The molecule has 2 N–H and O–H groups in total. The van der Waals surface area contributed by atoms with E-state index in [0.717, 1.165) is 68.7 Å². The summed E-state index contributed by atoms with van der Waals surface area (Å²) in [5, 5.41) is 9.15. The average molecular weight is 407 g/mol. The number of amides is 1. The van der Waals surface area contributed by atoms with Gasteiger partial charge in [-0.3, -0.25) is 4.79 Å². The number of nitrogens with two attached hydrogens (primary N) is 1. The van der Waals surface area contributed by atoms with Crippen LogP contribution in [0.15, 0.2) is 24.3 Å². The molecule has 2 heterocycles. The molecule has 0 atom stereocenters. The van der Waals surface area contributed by atoms with Crippen molar-refractivity contribution in [2.45, 2.75) is 65.3 Å². The number of primary amides is 1. The van der Waals surface area contributed by atoms with Crippen molar-refractivity contribution < 1.29 is 4.79 Å². The molecule has 0 saturated carbocycles. The molecule has 3 rings (SSSR count). The van der Waals surface area contributed by atoms with Crippen LogP contribution < -0.4 is 5.73 Å². The second-order valence-corrected chi connectivity index (χ2v) is 8.35. The summed E-state index contributed by atoms with van der Waals surface area (Å²) in [5.74, 6) is -0.375. The van der Waals surface area contributed by atoms with Crippen molar-refractivity contribution in [2.75, 3.05) is 19.6 Å². The second-order valence-electron chi connectivity index (χ2n) is 8.35. The molecule has 30 heavy (non-hydrogen) atoms. The zero-order chi connectivity index (χ0) is 21.5. The molecule has 0 unspecified atom stereocenters. The molecule has 5 nitrogen and oxygen atoms in total. The van der Waals surface area contributed by atoms with Crippen molar-refractivity contribution in [3.8, 4) is 17.2 Å². The van der Waals surface area contributed by atoms with Gasteiger partial charge in [0, 0.05) is 30.0 Å². The lowest BCUT2D eigenvalue weighted by Gasteiger charge is -2.27. The Morgan fingerprint density at radius 1 is 1.10 bits per heavy atom. The predicted octanol–water partition coefficient (Wildman–Crippen LogP) is 4.65. The van der Waals surface area contributed by atoms with E-state index in [1.165, 1.54) is 25.0 Å². The van der Waals surface area contributed by atoms with Gasteiger partial charge in [0.15, 0.2) is 0 Å². The van der Waals surface area contributed by atoms with Gasteiger partial charge >= 0.3 is 0 Å². The molecule has 1 aliphatic rings. The predicted molar refractivity (Wildman–Crippen MR) is 121 cm³/mol. The molecule has 0 aliphatic carbocycles. The lowest BCUT2D eigenvalue weighted by atomic mass is 9.96. The van der Waals surface area contributed by atoms with E-state index in [9.17, 15) is 4.79 Å². The highest BCUT2D eigenvalue weighted by molar-refractivity contribution is 6.02. The van der Waals surface area contributed by atoms with Gasteiger partial charge < -0.3 is 15.2 Å². The first-order valence-electron chi connectivity index (χ1n) is 11.3. The fourth-order valence-corrected chi connectivity index (χ4v) is 4.65. The molecule has 1 aliphatic heterocycles. The maximum atomic E-state index is 12.5. The Balaban J connectivity index is 2.02. The quantitative estimate of drug-likeness (QED) is 0.616. The van der Waals surface area contributed by atoms with Crippen LogP contribution in [0.1, 0.15) is 72.8 Å². The summed E-state index contributed by atoms with van der Waals surface area (Å²) >= 11 is 0. The van der Waals surface area contributed by atoms with Gasteiger partial charge in [0.25, 0.3) is 5.91 Å². The topological polar surface area (TPSA) is 75.0 Å². The van der Waals surface area contributed by atoms with Gasteiger partial charge in [-0.25, -0.2) is 0 Å². The van der Waals surface area contributed by atoms with Crippen LogP contribution in [0.5, 0.6) is 0 Å². The fourth-order valence-electron chi connectivity index (χ4n) is 4.65. The number of piperidine rings is 1. The summed E-state index contributed by atoms with van der Waals surface area (Å²) in [6.45, 7) is 8.43. The van der Waals surface area contributed by atoms with Gasteiger partial charge in [-0.05, 0) is 63.4 Å². The molecule has 160 valence electrons. The molecule has 1 amide bonds. The molecule has 1 fully saturated rings. The lowest BCUT2D eigenvalue weighted by Crippen LogP contribution is -2.33. The Labute approximate surface area is 180 Å². The number of likely N-dealkylation sites (tertiary alicyclic amines) is 1. The number of unbranched alkanes of at least 4 members (excludes halogenated alkanes) is 2. The molecule has 1 saturated heterocycles. The van der Waals surface area contributed by atoms with Crippen molar-refractivity contribution in [3.05, 3.63) is 46.8 Å². The number of carbonyl (C=O) groups excluding carboxylic acids is 1. The second kappa shape index (κ2) is 10.4. The third-order valence-electron chi connectivity index (χ3n) is 6.29. The smallest absolute Gasteiger partial charge is 0.251 e. The number of rotatable bonds is 9. The summed E-state index contributed by atoms with van der Waals surface area (Å²) in [6.07, 6.45) is 8.21. The molecule has 1 aromatic heterocycles. The SMILES string of the molecule is CCCCCc1c(-c2ccc(C#N)cc2)c(C(N)=O)c(C)n1CCN1CCCCC1. The summed E-state index contributed by atoms with van der Waals surface area (Å²) in [7, 11) is 0. The van der Waals surface area contributed by atoms with Gasteiger partial charge in [0.1, 0.15) is 0 Å². The van der Waals surface area contributed by atoms with Crippen LogP contribution in [0, 0.1) is 18.3 Å². The highest BCUT2D eigenvalue weighted by Gasteiger charge is 2.25. The first kappa shape index (κ1) is 22.1. The van der Waals surface area contributed by atoms with Crippen LogP contribution in [0.3, 0.4) is 0 Å². The largest absolute Gasteiger partial charge is 0.366 e. The number of hydrogen-bond acceptors (Lipinski definition) is 3. The van der Waals surface area contributed by atoms with Crippen LogP contribution in [-0.4, -0.2) is 35.0 Å². The molecule has 5 heteroatoms. The molecule has 2 aromatic rings. The highest BCUT2D eigenvalue weighted by Crippen LogP contribution is 2.34. The average Bonchev–Trinajstić information content (AvgIpc) is 3.04. The van der Waals surface area contributed by atoms with E-state index in [2.05, 4.69) is 22.5 Å². The molecule has 0 radical (unpaired) electrons. The normalized spacial score (nSPS) is 14.6. The van der Waals surface area contributed by atoms with E-state index in [1.54, 1.807) is 0 Å². The standard InChI is InChI=1S/C25H34N4O/c1-3-4-6-9-22-24(21-12-10-20(18-26)11-13-21)23(25(27)30)19(2)29(22)17-16-28-14-7-5-8-15-28/h10-13H,3-9,14-17H2,1-2H3,(H2,27,30). The minimum Gasteiger partial charge on any atom is -0.366 e. The maximum absolute atomic E-state index is 12.5. The fraction of sp³-hybridized carbons (Fsp3) is 0.520. The molecule has 0 spiro atoms. The van der Waals surface area contributed by atoms with E-state index >= 15 is 0 Å². The molecular formula is C25H34N4O. The minimum atomic E-state index is -0.375. The number of nitriles is 1. The molecular weight excluding hydrogens is 372 g/mol. The highest BCUT2D eigenvalue weighted by atomic mass is 16.1. The molecule has 1 aromatic carbocycles. The lowest BCUT2D eigenvalue weighted by molar-refractivity contribution is 0.1000. The zero-order valence-electron chi connectivity index (χ0n) is 18.4. The number of hydrogen-bond donors (Lipinski definition) is 1. The van der Waals surface area contributed by atoms with Crippen LogP contribution in [-0.2, 0) is 13.0 Å². The zero-order valence-corrected chi connectivity index (χ0v) is 18.4. The molecule has 0 bridgehead atoms. The van der Waals surface area contributed by atoms with Crippen molar-refractivity contribution >= 4 is 5.91 Å². The van der Waals surface area contributed by atoms with Crippen LogP contribution >= 0.6 is 0 Å². The van der Waals surface area contributed by atoms with Gasteiger partial charge in [0.05, 0.1) is 17.2 Å². The summed E-state index contributed by atoms with van der Waals surface area (Å²) in [5.41, 5.74) is 11.2. The van der Waals surface area contributed by atoms with E-state index < -0.39 is 0 Å². The van der Waals surface area contributed by atoms with E-state index in [-0.39, 0.29) is 5.91 Å². The van der Waals surface area contributed by atoms with Gasteiger partial charge in [-0.15, -0.1) is 0 Å². The first-order valence-corrected chi connectivity index (χ1v) is 11.3. The monoisotopic (exact) mass is 406 g/mol. The summed E-state index contributed by atoms with van der Waals surface area (Å²) < 4.78 is 2.33.